The normalized spacial score (nSPS) is 10.6. The lowest BCUT2D eigenvalue weighted by Gasteiger charge is -2.11. The molecule has 21 heavy (non-hydrogen) atoms. The molecule has 2 aromatic heterocycles. The van der Waals surface area contributed by atoms with E-state index in [4.69, 9.17) is 4.74 Å². The van der Waals surface area contributed by atoms with Gasteiger partial charge in [-0.2, -0.15) is 0 Å². The maximum Gasteiger partial charge on any atom is 0.121 e. The molecule has 2 heterocycles. The highest BCUT2D eigenvalue weighted by atomic mass is 16.5. The Morgan fingerprint density at radius 1 is 1.14 bits per heavy atom. The van der Waals surface area contributed by atoms with Crippen LogP contribution in [0.5, 0.6) is 5.75 Å². The summed E-state index contributed by atoms with van der Waals surface area (Å²) in [6.07, 6.45) is 1.80. The first kappa shape index (κ1) is 13.4. The van der Waals surface area contributed by atoms with Crippen LogP contribution >= 0.6 is 0 Å². The second-order valence-corrected chi connectivity index (χ2v) is 4.87. The Morgan fingerprint density at radius 2 is 2.05 bits per heavy atom. The van der Waals surface area contributed by atoms with E-state index in [1.165, 1.54) is 0 Å². The molecule has 0 fully saturated rings. The van der Waals surface area contributed by atoms with Crippen molar-refractivity contribution in [3.8, 4) is 5.75 Å². The number of pyridine rings is 2. The number of nitrogens with zero attached hydrogens (tertiary/aromatic N) is 2. The zero-order chi connectivity index (χ0) is 14.7. The van der Waals surface area contributed by atoms with Gasteiger partial charge in [0.05, 0.1) is 24.9 Å². The summed E-state index contributed by atoms with van der Waals surface area (Å²) in [6, 6.07) is 13.9. The van der Waals surface area contributed by atoms with Crippen LogP contribution in [-0.2, 0) is 6.54 Å². The van der Waals surface area contributed by atoms with E-state index in [1.54, 1.807) is 13.3 Å². The van der Waals surface area contributed by atoms with Crippen molar-refractivity contribution in [2.45, 2.75) is 13.5 Å². The molecule has 0 atom stereocenters. The molecule has 0 saturated heterocycles. The molecule has 1 aromatic carbocycles. The third-order valence-electron chi connectivity index (χ3n) is 3.33. The molecule has 0 bridgehead atoms. The molecule has 0 aliphatic carbocycles. The molecule has 3 aromatic rings. The smallest absolute Gasteiger partial charge is 0.121 e. The van der Waals surface area contributed by atoms with Gasteiger partial charge in [0.1, 0.15) is 5.75 Å². The fraction of sp³-hybridized carbons (Fsp3) is 0.176. The first-order valence-corrected chi connectivity index (χ1v) is 6.85. The van der Waals surface area contributed by atoms with E-state index in [0.29, 0.717) is 6.54 Å². The van der Waals surface area contributed by atoms with Crippen LogP contribution in [0.15, 0.2) is 48.7 Å². The predicted molar refractivity (Wildman–Crippen MR) is 84.6 cm³/mol. The molecule has 4 heteroatoms. The van der Waals surface area contributed by atoms with E-state index in [-0.39, 0.29) is 0 Å². The number of aryl methyl sites for hydroxylation is 1. The summed E-state index contributed by atoms with van der Waals surface area (Å²) in [6.45, 7) is 2.68. The Morgan fingerprint density at radius 3 is 2.81 bits per heavy atom. The van der Waals surface area contributed by atoms with Gasteiger partial charge in [0, 0.05) is 29.0 Å². The van der Waals surface area contributed by atoms with Gasteiger partial charge >= 0.3 is 0 Å². The zero-order valence-electron chi connectivity index (χ0n) is 12.1. The summed E-state index contributed by atoms with van der Waals surface area (Å²) in [5, 5.41) is 4.52. The SMILES string of the molecule is COc1ccc2c(NCc3ccccn3)cc(C)nc2c1. The molecule has 3 rings (SSSR count). The van der Waals surface area contributed by atoms with Crippen LogP contribution in [0.1, 0.15) is 11.4 Å². The lowest BCUT2D eigenvalue weighted by atomic mass is 10.1. The summed E-state index contributed by atoms with van der Waals surface area (Å²) < 4.78 is 5.26. The molecule has 1 N–H and O–H groups in total. The topological polar surface area (TPSA) is 47.0 Å². The fourth-order valence-corrected chi connectivity index (χ4v) is 2.30. The maximum absolute atomic E-state index is 5.26. The molecule has 0 spiro atoms. The summed E-state index contributed by atoms with van der Waals surface area (Å²) in [5.41, 5.74) is 3.97. The van der Waals surface area contributed by atoms with Gasteiger partial charge in [-0.05, 0) is 37.3 Å². The lowest BCUT2D eigenvalue weighted by Crippen LogP contribution is -2.02. The number of benzene rings is 1. The van der Waals surface area contributed by atoms with E-state index in [1.807, 2.05) is 43.3 Å². The molecular formula is C17H17N3O. The fourth-order valence-electron chi connectivity index (χ4n) is 2.30. The summed E-state index contributed by atoms with van der Waals surface area (Å²) in [5.74, 6) is 0.816. The van der Waals surface area contributed by atoms with Crippen molar-refractivity contribution in [2.75, 3.05) is 12.4 Å². The molecular weight excluding hydrogens is 262 g/mol. The molecule has 0 saturated carbocycles. The Bertz CT molecular complexity index is 757. The largest absolute Gasteiger partial charge is 0.497 e. The van der Waals surface area contributed by atoms with E-state index in [2.05, 4.69) is 21.4 Å². The van der Waals surface area contributed by atoms with Gasteiger partial charge in [0.15, 0.2) is 0 Å². The molecule has 0 radical (unpaired) electrons. The van der Waals surface area contributed by atoms with Gasteiger partial charge in [-0.1, -0.05) is 6.07 Å². The molecule has 106 valence electrons. The molecule has 0 amide bonds. The monoisotopic (exact) mass is 279 g/mol. The van der Waals surface area contributed by atoms with E-state index >= 15 is 0 Å². The van der Waals surface area contributed by atoms with Crippen molar-refractivity contribution in [3.63, 3.8) is 0 Å². The number of anilines is 1. The highest BCUT2D eigenvalue weighted by molar-refractivity contribution is 5.92. The third-order valence-corrected chi connectivity index (χ3v) is 3.33. The van der Waals surface area contributed by atoms with Crippen molar-refractivity contribution in [2.24, 2.45) is 0 Å². The van der Waals surface area contributed by atoms with Crippen molar-refractivity contribution >= 4 is 16.6 Å². The van der Waals surface area contributed by atoms with Crippen molar-refractivity contribution in [3.05, 3.63) is 60.0 Å². The molecule has 4 nitrogen and oxygen atoms in total. The van der Waals surface area contributed by atoms with Crippen molar-refractivity contribution in [1.29, 1.82) is 0 Å². The van der Waals surface area contributed by atoms with Crippen LogP contribution in [0.4, 0.5) is 5.69 Å². The van der Waals surface area contributed by atoms with E-state index in [9.17, 15) is 0 Å². The highest BCUT2D eigenvalue weighted by Gasteiger charge is 2.05. The van der Waals surface area contributed by atoms with Crippen LogP contribution in [0.3, 0.4) is 0 Å². The van der Waals surface area contributed by atoms with Crippen molar-refractivity contribution < 1.29 is 4.74 Å². The molecule has 0 unspecified atom stereocenters. The first-order chi connectivity index (χ1) is 10.3. The average Bonchev–Trinajstić information content (AvgIpc) is 2.52. The number of hydrogen-bond donors (Lipinski definition) is 1. The first-order valence-electron chi connectivity index (χ1n) is 6.85. The van der Waals surface area contributed by atoms with Crippen molar-refractivity contribution in [1.82, 2.24) is 9.97 Å². The van der Waals surface area contributed by atoms with Gasteiger partial charge in [0.25, 0.3) is 0 Å². The van der Waals surface area contributed by atoms with Crippen LogP contribution in [0.2, 0.25) is 0 Å². The number of ether oxygens (including phenoxy) is 1. The average molecular weight is 279 g/mol. The molecule has 0 aliphatic rings. The van der Waals surface area contributed by atoms with Gasteiger partial charge in [0.2, 0.25) is 0 Å². The molecule has 0 aliphatic heterocycles. The Kier molecular flexibility index (Phi) is 3.69. The quantitative estimate of drug-likeness (QED) is 0.793. The second-order valence-electron chi connectivity index (χ2n) is 4.87. The number of hydrogen-bond acceptors (Lipinski definition) is 4. The number of rotatable bonds is 4. The summed E-state index contributed by atoms with van der Waals surface area (Å²) >= 11 is 0. The number of fused-ring (bicyclic) bond motifs is 1. The highest BCUT2D eigenvalue weighted by Crippen LogP contribution is 2.26. The minimum Gasteiger partial charge on any atom is -0.497 e. The van der Waals surface area contributed by atoms with Crippen LogP contribution in [0.25, 0.3) is 10.9 Å². The third kappa shape index (κ3) is 2.94. The Balaban J connectivity index is 1.94. The Labute approximate surface area is 123 Å². The minimum absolute atomic E-state index is 0.686. The second kappa shape index (κ2) is 5.79. The van der Waals surface area contributed by atoms with Gasteiger partial charge in [-0.3, -0.25) is 9.97 Å². The van der Waals surface area contributed by atoms with Gasteiger partial charge in [-0.25, -0.2) is 0 Å². The predicted octanol–water partition coefficient (Wildman–Crippen LogP) is 3.56. The zero-order valence-corrected chi connectivity index (χ0v) is 12.1. The summed E-state index contributed by atoms with van der Waals surface area (Å²) in [7, 11) is 1.66. The lowest BCUT2D eigenvalue weighted by molar-refractivity contribution is 0.415. The minimum atomic E-state index is 0.686. The van der Waals surface area contributed by atoms with E-state index in [0.717, 1.165) is 33.7 Å². The number of nitrogens with one attached hydrogen (secondary N) is 1. The van der Waals surface area contributed by atoms with Gasteiger partial charge in [-0.15, -0.1) is 0 Å². The standard InChI is InChI=1S/C17H17N3O/c1-12-9-16(19-11-13-5-3-4-8-18-13)15-7-6-14(21-2)10-17(15)20-12/h3-10H,11H2,1-2H3,(H,19,20). The van der Waals surface area contributed by atoms with Crippen LogP contribution < -0.4 is 10.1 Å². The summed E-state index contributed by atoms with van der Waals surface area (Å²) in [4.78, 5) is 8.89. The maximum atomic E-state index is 5.26. The van der Waals surface area contributed by atoms with Crippen LogP contribution in [-0.4, -0.2) is 17.1 Å². The van der Waals surface area contributed by atoms with Gasteiger partial charge < -0.3 is 10.1 Å². The number of methoxy groups -OCH3 is 1. The van der Waals surface area contributed by atoms with Crippen LogP contribution in [0, 0.1) is 6.92 Å². The number of aromatic nitrogens is 2. The Hall–Kier alpha value is -2.62. The van der Waals surface area contributed by atoms with E-state index < -0.39 is 0 Å².